The third-order valence-electron chi connectivity index (χ3n) is 13.5. The van der Waals surface area contributed by atoms with Crippen molar-refractivity contribution in [2.24, 2.45) is 11.8 Å². The predicted octanol–water partition coefficient (Wildman–Crippen LogP) is -2.92. The van der Waals surface area contributed by atoms with Gasteiger partial charge in [0.15, 0.2) is 25.2 Å². The Hall–Kier alpha value is -2.17. The van der Waals surface area contributed by atoms with Gasteiger partial charge in [0.05, 0.1) is 51.0 Å². The zero-order valence-electron chi connectivity index (χ0n) is 37.1. The molecule has 20 atom stereocenters. The van der Waals surface area contributed by atoms with Gasteiger partial charge in [0.25, 0.3) is 0 Å². The fraction of sp³-hybridized carbons (Fsp3) is 0.884. The number of nitrogens with one attached hydrogen (secondary N) is 2. The first-order valence-corrected chi connectivity index (χ1v) is 23.1. The van der Waals surface area contributed by atoms with E-state index in [0.717, 1.165) is 0 Å². The van der Waals surface area contributed by atoms with Crippen molar-refractivity contribution in [3.8, 4) is 0 Å². The molecule has 12 heterocycles. The molecule has 374 valence electrons. The monoisotopic (exact) mass is 935 g/mol. The average Bonchev–Trinajstić information content (AvgIpc) is 3.30. The minimum Gasteiger partial charge on any atom is -0.394 e. The van der Waals surface area contributed by atoms with Crippen LogP contribution >= 0.6 is 0 Å². The van der Waals surface area contributed by atoms with Crippen LogP contribution in [0.3, 0.4) is 0 Å². The van der Waals surface area contributed by atoms with E-state index in [9.17, 15) is 55.9 Å². The van der Waals surface area contributed by atoms with Crippen LogP contribution in [0, 0.1) is 11.8 Å². The maximum absolute atomic E-state index is 13.1. The van der Waals surface area contributed by atoms with Crippen molar-refractivity contribution in [3.63, 3.8) is 0 Å². The highest BCUT2D eigenvalue weighted by Gasteiger charge is 2.53. The van der Waals surface area contributed by atoms with Crippen molar-refractivity contribution in [1.82, 2.24) is 15.5 Å². The van der Waals surface area contributed by atoms with Gasteiger partial charge in [0.1, 0.15) is 61.0 Å². The molecule has 22 nitrogen and oxygen atoms in total. The lowest BCUT2D eigenvalue weighted by molar-refractivity contribution is -0.356. The van der Waals surface area contributed by atoms with E-state index >= 15 is 0 Å². The molecule has 22 heteroatoms. The molecule has 12 fully saturated rings. The van der Waals surface area contributed by atoms with Crippen LogP contribution in [0.5, 0.6) is 0 Å². The van der Waals surface area contributed by atoms with Gasteiger partial charge in [-0.2, -0.15) is 0 Å². The van der Waals surface area contributed by atoms with Gasteiger partial charge in [-0.3, -0.25) is 4.79 Å². The summed E-state index contributed by atoms with van der Waals surface area (Å²) >= 11 is 0. The van der Waals surface area contributed by atoms with E-state index in [1.54, 1.807) is 11.8 Å². The topological polar surface area (TPSA) is 321 Å². The molecule has 12 aliphatic rings. The minimum absolute atomic E-state index is 0.0842. The van der Waals surface area contributed by atoms with Crippen molar-refractivity contribution >= 4 is 5.91 Å². The molecule has 0 radical (unpaired) electrons. The number of nitrogens with zero attached hydrogens (tertiary/aromatic N) is 1. The second kappa shape index (κ2) is 24.4. The molecule has 12 rings (SSSR count). The third-order valence-corrected chi connectivity index (χ3v) is 13.5. The van der Waals surface area contributed by atoms with Crippen LogP contribution in [0.25, 0.3) is 0 Å². The van der Waals surface area contributed by atoms with E-state index in [1.165, 1.54) is 0 Å². The third kappa shape index (κ3) is 12.7. The molecule has 12 saturated heterocycles. The molecule has 20 unspecified atom stereocenters. The van der Waals surface area contributed by atoms with E-state index in [2.05, 4.69) is 23.8 Å². The smallest absolute Gasteiger partial charge is 0.225 e. The van der Waals surface area contributed by atoms with Gasteiger partial charge in [-0.1, -0.05) is 32.9 Å². The zero-order valence-corrected chi connectivity index (χ0v) is 37.1. The summed E-state index contributed by atoms with van der Waals surface area (Å²) in [5, 5.41) is 114. The summed E-state index contributed by atoms with van der Waals surface area (Å²) < 4.78 is 47.1. The Bertz CT molecular complexity index is 1420. The summed E-state index contributed by atoms with van der Waals surface area (Å²) in [6.07, 6.45) is -18.2. The Labute approximate surface area is 379 Å². The predicted molar refractivity (Wildman–Crippen MR) is 223 cm³/mol. The number of rotatable bonds is 15. The molecule has 8 bridgehead atoms. The number of aliphatic hydroxyl groups is 10. The molecule has 0 aromatic carbocycles. The summed E-state index contributed by atoms with van der Waals surface area (Å²) in [5.41, 5.74) is 1.13. The molecule has 0 saturated carbocycles. The maximum Gasteiger partial charge on any atom is 0.225 e. The lowest BCUT2D eigenvalue weighted by Crippen LogP contribution is -2.63. The number of aliphatic hydroxyl groups excluding tert-OH is 10. The SMILES string of the molecule is C=C(CCC1OC2OC3C(CO)OC(OCCCCC1C(O)C2O)C(O)C3O)NCN(CNC(=C)CCC1OC2OC3C(CO)OC(OCCCCC1C(O)C2O)C(O)C3O)C(=O)CC. The number of allylic oxidation sites excluding steroid dienone is 2. The Morgan fingerprint density at radius 2 is 0.923 bits per heavy atom. The highest BCUT2D eigenvalue weighted by atomic mass is 16.7. The number of ether oxygens (including phenoxy) is 8. The highest BCUT2D eigenvalue weighted by Crippen LogP contribution is 2.38. The summed E-state index contributed by atoms with van der Waals surface area (Å²) in [7, 11) is 0. The fourth-order valence-electron chi connectivity index (χ4n) is 9.55. The van der Waals surface area contributed by atoms with Gasteiger partial charge in [0, 0.05) is 42.9 Å². The van der Waals surface area contributed by atoms with Gasteiger partial charge >= 0.3 is 0 Å². The van der Waals surface area contributed by atoms with Gasteiger partial charge in [-0.25, -0.2) is 0 Å². The van der Waals surface area contributed by atoms with Crippen LogP contribution < -0.4 is 10.6 Å². The molecule has 0 aliphatic carbocycles. The molecule has 12 N–H and O–H groups in total. The van der Waals surface area contributed by atoms with Crippen LogP contribution in [0.1, 0.15) is 77.6 Å². The van der Waals surface area contributed by atoms with Crippen LogP contribution in [0.4, 0.5) is 0 Å². The summed E-state index contributed by atoms with van der Waals surface area (Å²) in [4.78, 5) is 14.6. The molecule has 12 aliphatic heterocycles. The van der Waals surface area contributed by atoms with E-state index in [1.807, 2.05) is 0 Å². The van der Waals surface area contributed by atoms with E-state index in [4.69, 9.17) is 37.9 Å². The molecule has 0 aromatic rings. The van der Waals surface area contributed by atoms with Crippen molar-refractivity contribution in [1.29, 1.82) is 0 Å². The quantitative estimate of drug-likeness (QED) is 0.0732. The van der Waals surface area contributed by atoms with E-state index in [0.29, 0.717) is 75.6 Å². The van der Waals surface area contributed by atoms with Gasteiger partial charge in [-0.15, -0.1) is 0 Å². The number of hydrogen-bond donors (Lipinski definition) is 12. The van der Waals surface area contributed by atoms with Crippen LogP contribution in [-0.2, 0) is 42.7 Å². The first-order chi connectivity index (χ1) is 31.2. The van der Waals surface area contributed by atoms with Crippen molar-refractivity contribution in [2.45, 2.75) is 188 Å². The van der Waals surface area contributed by atoms with Crippen LogP contribution in [0.15, 0.2) is 24.6 Å². The summed E-state index contributed by atoms with van der Waals surface area (Å²) in [6.45, 7) is 9.39. The van der Waals surface area contributed by atoms with Crippen LogP contribution in [-0.4, -0.2) is 212 Å². The molecule has 1 amide bonds. The molecule has 0 aromatic heterocycles. The van der Waals surface area contributed by atoms with Gasteiger partial charge in [-0.05, 0) is 51.4 Å². The Morgan fingerprint density at radius 3 is 1.31 bits per heavy atom. The largest absolute Gasteiger partial charge is 0.394 e. The number of hydrogen-bond acceptors (Lipinski definition) is 21. The lowest BCUT2D eigenvalue weighted by atomic mass is 9.83. The number of carbonyl (C=O) groups excluding carboxylic acids is 1. The van der Waals surface area contributed by atoms with Gasteiger partial charge in [0.2, 0.25) is 5.91 Å². The number of amides is 1. The van der Waals surface area contributed by atoms with Crippen LogP contribution in [0.2, 0.25) is 0 Å². The van der Waals surface area contributed by atoms with E-state index in [-0.39, 0.29) is 38.9 Å². The average molecular weight is 936 g/mol. The highest BCUT2D eigenvalue weighted by molar-refractivity contribution is 5.75. The first kappa shape index (κ1) is 52.2. The molecule has 65 heavy (non-hydrogen) atoms. The fourth-order valence-corrected chi connectivity index (χ4v) is 9.55. The molecule has 0 spiro atoms. The second-order valence-electron chi connectivity index (χ2n) is 18.0. The first-order valence-electron chi connectivity index (χ1n) is 23.1. The van der Waals surface area contributed by atoms with Crippen molar-refractivity contribution in [3.05, 3.63) is 24.6 Å². The maximum atomic E-state index is 13.1. The Morgan fingerprint density at radius 1 is 0.538 bits per heavy atom. The van der Waals surface area contributed by atoms with Crippen molar-refractivity contribution < 1.29 is 93.8 Å². The number of carbonyl (C=O) groups is 1. The summed E-state index contributed by atoms with van der Waals surface area (Å²) in [6, 6.07) is 0. The second-order valence-corrected chi connectivity index (χ2v) is 18.0. The Balaban J connectivity index is 1.02. The standard InChI is InChI=1S/C43H73N3O19/c1-4-29(49)46(19-44-21(2)11-13-25-23-9-5-7-15-58-40-36(56)32(52)38(27(17-47)62-40)64-42(60-25)34(54)30(23)50)20-45-22(3)12-14-26-24-10-6-8-16-59-41-37(57)33(53)39(28(18-48)63-41)65-43(61-26)35(55)31(24)51/h23-28,30-45,47-48,50-57H,2-20H2,1H3. The minimum atomic E-state index is -1.55. The van der Waals surface area contributed by atoms with Gasteiger partial charge < -0.3 is 104 Å². The van der Waals surface area contributed by atoms with E-state index < -0.39 is 136 Å². The molecular formula is C43H73N3O19. The molecular weight excluding hydrogens is 862 g/mol. The Kier molecular flexibility index (Phi) is 19.6. The summed E-state index contributed by atoms with van der Waals surface area (Å²) in [5.74, 6) is -1.15. The lowest BCUT2D eigenvalue weighted by Gasteiger charge is -2.47. The van der Waals surface area contributed by atoms with Crippen molar-refractivity contribution in [2.75, 3.05) is 39.8 Å². The zero-order chi connectivity index (χ0) is 46.9. The normalized spacial score (nSPS) is 42.8.